The van der Waals surface area contributed by atoms with Crippen LogP contribution < -0.4 is 4.90 Å². The number of rotatable bonds is 4. The number of aryl methyl sites for hydroxylation is 1. The highest BCUT2D eigenvalue weighted by Crippen LogP contribution is 2.35. The van der Waals surface area contributed by atoms with Gasteiger partial charge in [-0.3, -0.25) is 0 Å². The Bertz CT molecular complexity index is 1240. The maximum Gasteiger partial charge on any atom is 0.268 e. The Balaban J connectivity index is 1.89. The second kappa shape index (κ2) is 7.11. The molecule has 1 heterocycles. The first-order valence-corrected chi connectivity index (χ1v) is 11.0. The maximum absolute atomic E-state index is 13.3. The molecule has 0 aliphatic heterocycles. The molecule has 0 aliphatic carbocycles. The van der Waals surface area contributed by atoms with Gasteiger partial charge in [-0.1, -0.05) is 51.8 Å². The Kier molecular flexibility index (Phi) is 4.77. The van der Waals surface area contributed by atoms with E-state index in [2.05, 4.69) is 15.9 Å². The van der Waals surface area contributed by atoms with E-state index < -0.39 is 10.0 Å². The molecule has 0 saturated heterocycles. The topological polar surface area (TPSA) is 42.3 Å². The third kappa shape index (κ3) is 3.23. The minimum atomic E-state index is -3.70. The van der Waals surface area contributed by atoms with Gasteiger partial charge in [-0.05, 0) is 49.4 Å². The smallest absolute Gasteiger partial charge is 0.268 e. The van der Waals surface area contributed by atoms with Crippen LogP contribution in [-0.2, 0) is 10.0 Å². The lowest BCUT2D eigenvalue weighted by Crippen LogP contribution is -2.12. The molecule has 0 bridgehead atoms. The summed E-state index contributed by atoms with van der Waals surface area (Å²) in [5.41, 5.74) is 3.47. The monoisotopic (exact) mass is 454 g/mol. The molecule has 0 unspecified atom stereocenters. The molecule has 0 N–H and O–H groups in total. The molecular weight excluding hydrogens is 436 g/mol. The van der Waals surface area contributed by atoms with Crippen LogP contribution in [0.5, 0.6) is 0 Å². The Hall–Kier alpha value is -2.57. The van der Waals surface area contributed by atoms with Crippen molar-refractivity contribution >= 4 is 48.2 Å². The quantitative estimate of drug-likeness (QED) is 0.396. The highest BCUT2D eigenvalue weighted by Gasteiger charge is 2.22. The molecule has 4 nitrogen and oxygen atoms in total. The number of hydrogen-bond donors (Lipinski definition) is 0. The highest BCUT2D eigenvalue weighted by atomic mass is 79.9. The molecule has 0 amide bonds. The highest BCUT2D eigenvalue weighted by molar-refractivity contribution is 9.10. The van der Waals surface area contributed by atoms with Gasteiger partial charge in [-0.2, -0.15) is 0 Å². The Labute approximate surface area is 173 Å². The second-order valence-electron chi connectivity index (χ2n) is 6.68. The van der Waals surface area contributed by atoms with Crippen molar-refractivity contribution in [2.45, 2.75) is 11.8 Å². The fourth-order valence-corrected chi connectivity index (χ4v) is 4.85. The molecule has 1 aromatic heterocycles. The van der Waals surface area contributed by atoms with Crippen molar-refractivity contribution in [3.63, 3.8) is 0 Å². The summed E-state index contributed by atoms with van der Waals surface area (Å²) in [6, 6.07) is 22.4. The van der Waals surface area contributed by atoms with Crippen LogP contribution in [0, 0.1) is 6.92 Å². The zero-order chi connectivity index (χ0) is 19.9. The van der Waals surface area contributed by atoms with E-state index in [1.165, 1.54) is 3.97 Å². The van der Waals surface area contributed by atoms with E-state index in [9.17, 15) is 8.42 Å². The van der Waals surface area contributed by atoms with Gasteiger partial charge in [0, 0.05) is 28.8 Å². The van der Waals surface area contributed by atoms with E-state index in [4.69, 9.17) is 0 Å². The van der Waals surface area contributed by atoms with Gasteiger partial charge in [0.1, 0.15) is 0 Å². The number of halogens is 1. The first-order valence-electron chi connectivity index (χ1n) is 8.79. The van der Waals surface area contributed by atoms with Crippen LogP contribution >= 0.6 is 15.9 Å². The van der Waals surface area contributed by atoms with Gasteiger partial charge >= 0.3 is 0 Å². The normalized spacial score (nSPS) is 11.7. The van der Waals surface area contributed by atoms with Crippen LogP contribution in [0.15, 0.2) is 88.4 Å². The molecule has 6 heteroatoms. The van der Waals surface area contributed by atoms with Crippen molar-refractivity contribution in [1.82, 2.24) is 3.97 Å². The van der Waals surface area contributed by atoms with Crippen LogP contribution in [0.2, 0.25) is 0 Å². The Morgan fingerprint density at radius 3 is 2.21 bits per heavy atom. The van der Waals surface area contributed by atoms with Gasteiger partial charge in [0.05, 0.1) is 16.1 Å². The van der Waals surface area contributed by atoms with E-state index in [1.54, 1.807) is 18.3 Å². The van der Waals surface area contributed by atoms with Crippen LogP contribution in [-0.4, -0.2) is 19.4 Å². The van der Waals surface area contributed by atoms with Crippen molar-refractivity contribution in [3.8, 4) is 0 Å². The first kappa shape index (κ1) is 18.8. The lowest BCUT2D eigenvalue weighted by Gasteiger charge is -2.18. The molecule has 142 valence electrons. The van der Waals surface area contributed by atoms with Crippen LogP contribution in [0.4, 0.5) is 11.4 Å². The summed E-state index contributed by atoms with van der Waals surface area (Å²) in [7, 11) is -1.76. The van der Waals surface area contributed by atoms with Gasteiger partial charge in [-0.15, -0.1) is 0 Å². The number of para-hydroxylation sites is 1. The Morgan fingerprint density at radius 2 is 1.54 bits per heavy atom. The molecular formula is C22H19BrN2O2S. The van der Waals surface area contributed by atoms with Crippen LogP contribution in [0.3, 0.4) is 0 Å². The summed E-state index contributed by atoms with van der Waals surface area (Å²) in [5, 5.41) is 0.878. The molecule has 4 aromatic rings. The minimum Gasteiger partial charge on any atom is -0.343 e. The molecule has 0 spiro atoms. The average molecular weight is 455 g/mol. The number of hydrogen-bond acceptors (Lipinski definition) is 3. The third-order valence-corrected chi connectivity index (χ3v) is 7.03. The van der Waals surface area contributed by atoms with E-state index >= 15 is 0 Å². The van der Waals surface area contributed by atoms with Gasteiger partial charge < -0.3 is 4.90 Å². The van der Waals surface area contributed by atoms with Crippen molar-refractivity contribution < 1.29 is 8.42 Å². The van der Waals surface area contributed by atoms with E-state index in [0.29, 0.717) is 5.52 Å². The molecule has 28 heavy (non-hydrogen) atoms. The van der Waals surface area contributed by atoms with Gasteiger partial charge in [0.2, 0.25) is 0 Å². The molecule has 3 aromatic carbocycles. The number of anilines is 2. The zero-order valence-electron chi connectivity index (χ0n) is 15.5. The third-order valence-electron chi connectivity index (χ3n) is 4.81. The molecule has 0 atom stereocenters. The molecule has 0 fully saturated rings. The summed E-state index contributed by atoms with van der Waals surface area (Å²) >= 11 is 3.45. The fourth-order valence-electron chi connectivity index (χ4n) is 3.23. The molecule has 0 saturated carbocycles. The predicted molar refractivity (Wildman–Crippen MR) is 118 cm³/mol. The summed E-state index contributed by atoms with van der Waals surface area (Å²) < 4.78 is 29.0. The van der Waals surface area contributed by atoms with Crippen molar-refractivity contribution in [3.05, 3.63) is 89.0 Å². The van der Waals surface area contributed by atoms with E-state index in [1.807, 2.05) is 79.5 Å². The van der Waals surface area contributed by atoms with Crippen molar-refractivity contribution in [2.24, 2.45) is 0 Å². The lowest BCUT2D eigenvalue weighted by molar-refractivity contribution is 0.589. The zero-order valence-corrected chi connectivity index (χ0v) is 17.9. The summed E-state index contributed by atoms with van der Waals surface area (Å²) in [4.78, 5) is 2.27. The standard InChI is InChI=1S/C22H19BrN2O2S/c1-16-7-13-19(14-8-16)28(26,27)25-15-22(20-5-3-4-6-21(20)25)24(2)18-11-9-17(23)10-12-18/h3-15H,1-2H3. The molecule has 0 aliphatic rings. The first-order chi connectivity index (χ1) is 13.4. The van der Waals surface area contributed by atoms with Gasteiger partial charge in [0.25, 0.3) is 10.0 Å². The SMILES string of the molecule is Cc1ccc(S(=O)(=O)n2cc(N(C)c3ccc(Br)cc3)c3ccccc32)cc1. The minimum absolute atomic E-state index is 0.275. The maximum atomic E-state index is 13.3. The van der Waals surface area contributed by atoms with Crippen LogP contribution in [0.25, 0.3) is 10.9 Å². The summed E-state index contributed by atoms with van der Waals surface area (Å²) in [6.45, 7) is 1.94. The predicted octanol–water partition coefficient (Wildman–Crippen LogP) is 5.72. The number of nitrogens with zero attached hydrogens (tertiary/aromatic N) is 2. The average Bonchev–Trinajstić information content (AvgIpc) is 3.09. The van der Waals surface area contributed by atoms with Crippen molar-refractivity contribution in [2.75, 3.05) is 11.9 Å². The molecule has 0 radical (unpaired) electrons. The second-order valence-corrected chi connectivity index (χ2v) is 9.41. The number of aromatic nitrogens is 1. The van der Waals surface area contributed by atoms with Crippen molar-refractivity contribution in [1.29, 1.82) is 0 Å². The Morgan fingerprint density at radius 1 is 0.893 bits per heavy atom. The summed E-state index contributed by atoms with van der Waals surface area (Å²) in [5.74, 6) is 0. The van der Waals surface area contributed by atoms with Crippen LogP contribution in [0.1, 0.15) is 5.56 Å². The largest absolute Gasteiger partial charge is 0.343 e. The lowest BCUT2D eigenvalue weighted by atomic mass is 10.2. The van der Waals surface area contributed by atoms with Gasteiger partial charge in [0.15, 0.2) is 0 Å². The fraction of sp³-hybridized carbons (Fsp3) is 0.0909. The summed E-state index contributed by atoms with van der Waals surface area (Å²) in [6.07, 6.45) is 1.70. The van der Waals surface area contributed by atoms with Gasteiger partial charge in [-0.25, -0.2) is 12.4 Å². The van der Waals surface area contributed by atoms with E-state index in [0.717, 1.165) is 26.8 Å². The number of fused-ring (bicyclic) bond motifs is 1. The number of benzene rings is 3. The van der Waals surface area contributed by atoms with E-state index in [-0.39, 0.29) is 4.90 Å². The molecule has 4 rings (SSSR count).